The molecule has 236 valence electrons. The molecule has 0 atom stereocenters. The van der Waals surface area contributed by atoms with Crippen molar-refractivity contribution in [1.29, 1.82) is 0 Å². The van der Waals surface area contributed by atoms with Gasteiger partial charge in [0.15, 0.2) is 0 Å². The summed E-state index contributed by atoms with van der Waals surface area (Å²) in [7, 11) is 0. The molecule has 4 rings (SSSR count). The fourth-order valence-electron chi connectivity index (χ4n) is 3.52. The Balaban J connectivity index is 1.17. The lowest BCUT2D eigenvalue weighted by atomic mass is 10.3. The van der Waals surface area contributed by atoms with Crippen molar-refractivity contribution in [2.75, 3.05) is 22.1 Å². The first-order chi connectivity index (χ1) is 21.3. The summed E-state index contributed by atoms with van der Waals surface area (Å²) in [4.78, 5) is 28.1. The molecule has 15 heteroatoms. The van der Waals surface area contributed by atoms with Crippen LogP contribution < -0.4 is 20.1 Å². The van der Waals surface area contributed by atoms with Crippen LogP contribution >= 0.6 is 35.3 Å². The van der Waals surface area contributed by atoms with Gasteiger partial charge >= 0.3 is 12.7 Å². The molecule has 0 fully saturated rings. The number of thioether (sulfide) groups is 2. The first kappa shape index (κ1) is 33.9. The summed E-state index contributed by atoms with van der Waals surface area (Å²) in [6.07, 6.45) is -9.57. The van der Waals surface area contributed by atoms with Crippen molar-refractivity contribution >= 4 is 58.5 Å². The number of benzene rings is 4. The van der Waals surface area contributed by atoms with E-state index < -0.39 is 12.7 Å². The van der Waals surface area contributed by atoms with Gasteiger partial charge in [-0.15, -0.1) is 49.9 Å². The van der Waals surface area contributed by atoms with Gasteiger partial charge in [-0.2, -0.15) is 0 Å². The Kier molecular flexibility index (Phi) is 11.6. The summed E-state index contributed by atoms with van der Waals surface area (Å²) < 4.78 is 81.2. The molecule has 0 saturated heterocycles. The second-order valence-electron chi connectivity index (χ2n) is 8.86. The van der Waals surface area contributed by atoms with Crippen molar-refractivity contribution in [2.45, 2.75) is 32.3 Å². The molecule has 0 unspecified atom stereocenters. The van der Waals surface area contributed by atoms with Crippen LogP contribution in [0.4, 0.5) is 37.7 Å². The van der Waals surface area contributed by atoms with Crippen LogP contribution in [-0.4, -0.2) is 36.0 Å². The Hall–Kier alpha value is -3.95. The van der Waals surface area contributed by atoms with Crippen molar-refractivity contribution in [2.24, 2.45) is 0 Å². The number of amides is 2. The van der Waals surface area contributed by atoms with Gasteiger partial charge in [-0.1, -0.05) is 11.8 Å². The van der Waals surface area contributed by atoms with E-state index in [9.17, 15) is 35.9 Å². The van der Waals surface area contributed by atoms with Gasteiger partial charge < -0.3 is 20.1 Å². The molecule has 4 aromatic carbocycles. The van der Waals surface area contributed by atoms with Gasteiger partial charge in [0.25, 0.3) is 0 Å². The number of rotatable bonds is 12. The van der Waals surface area contributed by atoms with E-state index in [1.54, 1.807) is 0 Å². The fourth-order valence-corrected chi connectivity index (χ4v) is 5.73. The molecule has 0 bridgehead atoms. The highest BCUT2D eigenvalue weighted by atomic mass is 32.2. The van der Waals surface area contributed by atoms with Crippen molar-refractivity contribution < 1.29 is 45.4 Å². The van der Waals surface area contributed by atoms with E-state index >= 15 is 0 Å². The summed E-state index contributed by atoms with van der Waals surface area (Å²) in [5.41, 5.74) is 0.698. The number of nitrogens with one attached hydrogen (secondary N) is 2. The van der Waals surface area contributed by atoms with Crippen LogP contribution in [-0.2, 0) is 9.59 Å². The number of carbonyl (C=O) groups is 2. The highest BCUT2D eigenvalue weighted by molar-refractivity contribution is 8.00. The Morgan fingerprint density at radius 3 is 1.13 bits per heavy atom. The summed E-state index contributed by atoms with van der Waals surface area (Å²) in [5, 5.41) is 5.25. The molecule has 2 N–H and O–H groups in total. The Labute approximate surface area is 266 Å². The first-order valence-corrected chi connectivity index (χ1v) is 15.5. The molecule has 0 aliphatic carbocycles. The maximum Gasteiger partial charge on any atom is 0.573 e. The molecule has 6 nitrogen and oxygen atoms in total. The normalized spacial score (nSPS) is 11.5. The largest absolute Gasteiger partial charge is 0.573 e. The number of anilines is 2. The first-order valence-electron chi connectivity index (χ1n) is 12.7. The summed E-state index contributed by atoms with van der Waals surface area (Å²) in [6, 6.07) is 24.9. The number of hydrogen-bond acceptors (Lipinski definition) is 7. The minimum Gasteiger partial charge on any atom is -0.406 e. The minimum absolute atomic E-state index is 0.105. The SMILES string of the molecule is O=C(CSc1ccc(Sc2ccc(SCC(=O)Nc3ccc(OC(F)(F)F)cc3)cc2)cc1)Nc1ccc(OC(F)(F)F)cc1. The van der Waals surface area contributed by atoms with Crippen molar-refractivity contribution in [3.63, 3.8) is 0 Å². The summed E-state index contributed by atoms with van der Waals surface area (Å²) in [6.45, 7) is 0. The maximum atomic E-state index is 12.3. The van der Waals surface area contributed by atoms with Gasteiger partial charge in [0.2, 0.25) is 11.8 Å². The van der Waals surface area contributed by atoms with Crippen LogP contribution in [0.2, 0.25) is 0 Å². The standard InChI is InChI=1S/C30H22F6N2O4S3/c31-29(32,33)41-21-5-1-19(2-6-21)37-27(39)17-43-23-9-13-25(14-10-23)45-26-15-11-24(12-16-26)44-18-28(40)38-20-3-7-22(8-4-20)42-30(34,35)36/h1-16H,17-18H2,(H,37,39)(H,38,40). The van der Waals surface area contributed by atoms with E-state index in [0.717, 1.165) is 43.8 Å². The van der Waals surface area contributed by atoms with Gasteiger partial charge in [-0.05, 0) is 97.1 Å². The van der Waals surface area contributed by atoms with Crippen LogP contribution in [0, 0.1) is 0 Å². The van der Waals surface area contributed by atoms with E-state index in [1.807, 2.05) is 48.5 Å². The lowest BCUT2D eigenvalue weighted by Crippen LogP contribution is -2.17. The molecule has 4 aromatic rings. The zero-order valence-corrected chi connectivity index (χ0v) is 25.2. The van der Waals surface area contributed by atoms with Crippen LogP contribution in [0.1, 0.15) is 0 Å². The monoisotopic (exact) mass is 684 g/mol. The van der Waals surface area contributed by atoms with E-state index in [0.29, 0.717) is 11.4 Å². The summed E-state index contributed by atoms with van der Waals surface area (Å²) >= 11 is 4.15. The molecule has 0 radical (unpaired) electrons. The number of ether oxygens (including phenoxy) is 2. The second-order valence-corrected chi connectivity index (χ2v) is 12.1. The fraction of sp³-hybridized carbons (Fsp3) is 0.133. The average molecular weight is 685 g/mol. The van der Waals surface area contributed by atoms with Gasteiger partial charge in [-0.3, -0.25) is 9.59 Å². The van der Waals surface area contributed by atoms with E-state index in [-0.39, 0.29) is 34.8 Å². The summed E-state index contributed by atoms with van der Waals surface area (Å²) in [5.74, 6) is -1.17. The van der Waals surface area contributed by atoms with E-state index in [1.165, 1.54) is 59.6 Å². The van der Waals surface area contributed by atoms with Crippen LogP contribution in [0.15, 0.2) is 117 Å². The van der Waals surface area contributed by atoms with Gasteiger partial charge in [0.1, 0.15) is 11.5 Å². The smallest absolute Gasteiger partial charge is 0.406 e. The Morgan fingerprint density at radius 1 is 0.511 bits per heavy atom. The van der Waals surface area contributed by atoms with Gasteiger partial charge in [0.05, 0.1) is 11.5 Å². The van der Waals surface area contributed by atoms with Crippen molar-refractivity contribution in [3.8, 4) is 11.5 Å². The van der Waals surface area contributed by atoms with Crippen LogP contribution in [0.25, 0.3) is 0 Å². The van der Waals surface area contributed by atoms with Gasteiger partial charge in [-0.25, -0.2) is 0 Å². The molecule has 0 aromatic heterocycles. The van der Waals surface area contributed by atoms with E-state index in [2.05, 4.69) is 20.1 Å². The number of carbonyl (C=O) groups excluding carboxylic acids is 2. The highest BCUT2D eigenvalue weighted by Gasteiger charge is 2.31. The second kappa shape index (κ2) is 15.4. The molecule has 0 saturated carbocycles. The van der Waals surface area contributed by atoms with Crippen LogP contribution in [0.3, 0.4) is 0 Å². The lowest BCUT2D eigenvalue weighted by molar-refractivity contribution is -0.275. The number of alkyl halides is 6. The van der Waals surface area contributed by atoms with Crippen LogP contribution in [0.5, 0.6) is 11.5 Å². The molecule has 0 aliphatic rings. The molecule has 0 heterocycles. The number of halogens is 6. The minimum atomic E-state index is -4.79. The Bertz CT molecular complexity index is 1450. The number of hydrogen-bond donors (Lipinski definition) is 2. The van der Waals surface area contributed by atoms with E-state index in [4.69, 9.17) is 0 Å². The van der Waals surface area contributed by atoms with Crippen molar-refractivity contribution in [1.82, 2.24) is 0 Å². The van der Waals surface area contributed by atoms with Gasteiger partial charge in [0, 0.05) is 31.0 Å². The third-order valence-corrected chi connectivity index (χ3v) is 8.41. The quantitative estimate of drug-likeness (QED) is 0.114. The third kappa shape index (κ3) is 12.5. The maximum absolute atomic E-state index is 12.3. The lowest BCUT2D eigenvalue weighted by Gasteiger charge is -2.10. The predicted molar refractivity (Wildman–Crippen MR) is 162 cm³/mol. The average Bonchev–Trinajstić information content (AvgIpc) is 2.97. The van der Waals surface area contributed by atoms with Crippen molar-refractivity contribution in [3.05, 3.63) is 97.1 Å². The third-order valence-electron chi connectivity index (χ3n) is 5.37. The zero-order chi connectivity index (χ0) is 32.5. The Morgan fingerprint density at radius 2 is 0.822 bits per heavy atom. The molecule has 2 amide bonds. The molecular weight excluding hydrogens is 663 g/mol. The molecular formula is C30H22F6N2O4S3. The molecule has 0 aliphatic heterocycles. The molecule has 0 spiro atoms. The highest BCUT2D eigenvalue weighted by Crippen LogP contribution is 2.32. The predicted octanol–water partition coefficient (Wildman–Crippen LogP) is 9.10. The zero-order valence-electron chi connectivity index (χ0n) is 22.8. The topological polar surface area (TPSA) is 76.7 Å². The molecule has 45 heavy (non-hydrogen) atoms.